The fourth-order valence-electron chi connectivity index (χ4n) is 3.16. The maximum absolute atomic E-state index is 12.7. The van der Waals surface area contributed by atoms with Gasteiger partial charge in [0.15, 0.2) is 5.82 Å². The summed E-state index contributed by atoms with van der Waals surface area (Å²) < 4.78 is 5.39. The van der Waals surface area contributed by atoms with Crippen LogP contribution in [-0.2, 0) is 9.63 Å². The predicted octanol–water partition coefficient (Wildman–Crippen LogP) is 2.45. The number of carbonyl (C=O) groups is 1. The van der Waals surface area contributed by atoms with Crippen LogP contribution >= 0.6 is 0 Å². The van der Waals surface area contributed by atoms with Gasteiger partial charge in [-0.25, -0.2) is 0 Å². The second-order valence-corrected chi connectivity index (χ2v) is 7.04. The SMILES string of the molecule is CC1=NOC(C)(C(=O)N2CCC(c3nc(C(C)C)no3)CC2)C1. The van der Waals surface area contributed by atoms with Crippen molar-refractivity contribution in [1.29, 1.82) is 0 Å². The molecule has 7 nitrogen and oxygen atoms in total. The number of piperidine rings is 1. The zero-order chi connectivity index (χ0) is 16.6. The smallest absolute Gasteiger partial charge is 0.269 e. The van der Waals surface area contributed by atoms with Crippen molar-refractivity contribution in [1.82, 2.24) is 15.0 Å². The average molecular weight is 320 g/mol. The van der Waals surface area contributed by atoms with E-state index in [0.717, 1.165) is 24.4 Å². The molecule has 1 amide bonds. The number of oxime groups is 1. The number of carbonyl (C=O) groups excluding carboxylic acids is 1. The van der Waals surface area contributed by atoms with E-state index in [1.165, 1.54) is 0 Å². The number of hydrogen-bond donors (Lipinski definition) is 0. The number of nitrogens with zero attached hydrogens (tertiary/aromatic N) is 4. The lowest BCUT2D eigenvalue weighted by Crippen LogP contribution is -2.49. The van der Waals surface area contributed by atoms with Crippen LogP contribution in [-0.4, -0.2) is 45.3 Å². The van der Waals surface area contributed by atoms with Gasteiger partial charge in [-0.2, -0.15) is 4.98 Å². The molecule has 1 saturated heterocycles. The molecule has 126 valence electrons. The lowest BCUT2D eigenvalue weighted by molar-refractivity contribution is -0.154. The zero-order valence-corrected chi connectivity index (χ0v) is 14.2. The van der Waals surface area contributed by atoms with Gasteiger partial charge in [0.1, 0.15) is 0 Å². The molecule has 1 aromatic rings. The first-order chi connectivity index (χ1) is 10.9. The Balaban J connectivity index is 1.59. The summed E-state index contributed by atoms with van der Waals surface area (Å²) in [6.07, 6.45) is 2.23. The van der Waals surface area contributed by atoms with Crippen molar-refractivity contribution < 1.29 is 14.2 Å². The molecular formula is C16H24N4O3. The molecule has 7 heteroatoms. The number of likely N-dealkylation sites (tertiary alicyclic amines) is 1. The molecule has 0 spiro atoms. The molecule has 1 unspecified atom stereocenters. The quantitative estimate of drug-likeness (QED) is 0.854. The molecule has 23 heavy (non-hydrogen) atoms. The molecular weight excluding hydrogens is 296 g/mol. The number of aromatic nitrogens is 2. The summed E-state index contributed by atoms with van der Waals surface area (Å²) in [6.45, 7) is 9.15. The van der Waals surface area contributed by atoms with E-state index < -0.39 is 5.60 Å². The van der Waals surface area contributed by atoms with Crippen molar-refractivity contribution >= 4 is 11.6 Å². The van der Waals surface area contributed by atoms with E-state index in [-0.39, 0.29) is 17.7 Å². The van der Waals surface area contributed by atoms with Gasteiger partial charge in [0.25, 0.3) is 5.91 Å². The van der Waals surface area contributed by atoms with Crippen LogP contribution in [0.3, 0.4) is 0 Å². The highest BCUT2D eigenvalue weighted by atomic mass is 16.7. The van der Waals surface area contributed by atoms with E-state index in [0.29, 0.717) is 25.4 Å². The van der Waals surface area contributed by atoms with Gasteiger partial charge in [0.2, 0.25) is 11.5 Å². The molecule has 0 radical (unpaired) electrons. The summed E-state index contributed by atoms with van der Waals surface area (Å²) in [4.78, 5) is 24.4. The van der Waals surface area contributed by atoms with Crippen LogP contribution in [0.2, 0.25) is 0 Å². The number of amides is 1. The Kier molecular flexibility index (Phi) is 4.12. The average Bonchev–Trinajstić information content (AvgIpc) is 3.15. The van der Waals surface area contributed by atoms with Crippen LogP contribution < -0.4 is 0 Å². The topological polar surface area (TPSA) is 80.8 Å². The van der Waals surface area contributed by atoms with E-state index in [1.807, 2.05) is 32.6 Å². The molecule has 3 heterocycles. The van der Waals surface area contributed by atoms with Gasteiger partial charge in [0, 0.05) is 31.3 Å². The summed E-state index contributed by atoms with van der Waals surface area (Å²) in [7, 11) is 0. The molecule has 1 aromatic heterocycles. The number of hydrogen-bond acceptors (Lipinski definition) is 6. The highest BCUT2D eigenvalue weighted by molar-refractivity contribution is 5.94. The van der Waals surface area contributed by atoms with Crippen molar-refractivity contribution in [2.45, 2.75) is 64.4 Å². The predicted molar refractivity (Wildman–Crippen MR) is 84.2 cm³/mol. The third-order valence-electron chi connectivity index (χ3n) is 4.55. The minimum absolute atomic E-state index is 0.0185. The van der Waals surface area contributed by atoms with Crippen LogP contribution in [0.25, 0.3) is 0 Å². The molecule has 0 saturated carbocycles. The Morgan fingerprint density at radius 1 is 1.35 bits per heavy atom. The van der Waals surface area contributed by atoms with Crippen LogP contribution in [0.4, 0.5) is 0 Å². The summed E-state index contributed by atoms with van der Waals surface area (Å²) in [6, 6.07) is 0. The second kappa shape index (κ2) is 5.94. The van der Waals surface area contributed by atoms with Gasteiger partial charge in [-0.15, -0.1) is 0 Å². The molecule has 3 rings (SSSR count). The maximum Gasteiger partial charge on any atom is 0.269 e. The van der Waals surface area contributed by atoms with E-state index >= 15 is 0 Å². The Morgan fingerprint density at radius 2 is 2.04 bits per heavy atom. The lowest BCUT2D eigenvalue weighted by Gasteiger charge is -2.34. The van der Waals surface area contributed by atoms with Crippen LogP contribution in [0.1, 0.15) is 70.5 Å². The highest BCUT2D eigenvalue weighted by Gasteiger charge is 2.44. The first kappa shape index (κ1) is 16.0. The van der Waals surface area contributed by atoms with Gasteiger partial charge >= 0.3 is 0 Å². The van der Waals surface area contributed by atoms with Crippen LogP contribution in [0, 0.1) is 0 Å². The minimum Gasteiger partial charge on any atom is -0.379 e. The Bertz CT molecular complexity index is 617. The maximum atomic E-state index is 12.7. The monoisotopic (exact) mass is 320 g/mol. The molecule has 2 aliphatic rings. The molecule has 0 aromatic carbocycles. The van der Waals surface area contributed by atoms with E-state index in [4.69, 9.17) is 9.36 Å². The van der Waals surface area contributed by atoms with Gasteiger partial charge in [-0.3, -0.25) is 4.79 Å². The first-order valence-electron chi connectivity index (χ1n) is 8.23. The highest BCUT2D eigenvalue weighted by Crippen LogP contribution is 2.31. The van der Waals surface area contributed by atoms with Crippen molar-refractivity contribution in [2.24, 2.45) is 5.16 Å². The first-order valence-corrected chi connectivity index (χ1v) is 8.23. The molecule has 0 N–H and O–H groups in total. The third kappa shape index (κ3) is 3.09. The molecule has 2 aliphatic heterocycles. The Morgan fingerprint density at radius 3 is 2.57 bits per heavy atom. The fourth-order valence-corrected chi connectivity index (χ4v) is 3.16. The normalized spacial score (nSPS) is 25.6. The summed E-state index contributed by atoms with van der Waals surface area (Å²) in [5.74, 6) is 1.96. The van der Waals surface area contributed by atoms with E-state index in [1.54, 1.807) is 0 Å². The standard InChI is InChI=1S/C16H24N4O3/c1-10(2)13-17-14(22-19-13)12-5-7-20(8-6-12)15(21)16(4)9-11(3)18-23-16/h10,12H,5-9H2,1-4H3. The largest absolute Gasteiger partial charge is 0.379 e. The fraction of sp³-hybridized carbons (Fsp3) is 0.750. The zero-order valence-electron chi connectivity index (χ0n) is 14.2. The van der Waals surface area contributed by atoms with Crippen molar-refractivity contribution in [3.8, 4) is 0 Å². The Labute approximate surface area is 136 Å². The number of rotatable bonds is 3. The lowest BCUT2D eigenvalue weighted by atomic mass is 9.93. The van der Waals surface area contributed by atoms with Crippen LogP contribution in [0.5, 0.6) is 0 Å². The Hall–Kier alpha value is -1.92. The van der Waals surface area contributed by atoms with Gasteiger partial charge in [0.05, 0.1) is 5.71 Å². The van der Waals surface area contributed by atoms with Gasteiger partial charge in [-0.1, -0.05) is 24.2 Å². The summed E-state index contributed by atoms with van der Waals surface area (Å²) in [5, 5.41) is 7.95. The second-order valence-electron chi connectivity index (χ2n) is 7.04. The van der Waals surface area contributed by atoms with E-state index in [2.05, 4.69) is 15.3 Å². The van der Waals surface area contributed by atoms with Crippen molar-refractivity contribution in [2.75, 3.05) is 13.1 Å². The van der Waals surface area contributed by atoms with Gasteiger partial charge < -0.3 is 14.3 Å². The molecule has 0 aliphatic carbocycles. The summed E-state index contributed by atoms with van der Waals surface area (Å²) >= 11 is 0. The molecule has 1 atom stereocenters. The molecule has 1 fully saturated rings. The summed E-state index contributed by atoms with van der Waals surface area (Å²) in [5.41, 5.74) is 0.0227. The van der Waals surface area contributed by atoms with E-state index in [9.17, 15) is 4.79 Å². The van der Waals surface area contributed by atoms with Crippen molar-refractivity contribution in [3.05, 3.63) is 11.7 Å². The minimum atomic E-state index is -0.841. The van der Waals surface area contributed by atoms with Crippen molar-refractivity contribution in [3.63, 3.8) is 0 Å². The van der Waals surface area contributed by atoms with Crippen LogP contribution in [0.15, 0.2) is 9.68 Å². The molecule has 0 bridgehead atoms. The third-order valence-corrected chi connectivity index (χ3v) is 4.55. The van der Waals surface area contributed by atoms with Gasteiger partial charge in [-0.05, 0) is 26.7 Å².